The first-order valence-electron chi connectivity index (χ1n) is 8.60. The SMILES string of the molecule is O=C(NNC(=O)c1ccccc1F)c1ccc(C2CCCCC2)cc1. The molecule has 0 heterocycles. The number of nitrogens with one attached hydrogen (secondary N) is 2. The Hall–Kier alpha value is -2.69. The molecule has 5 heteroatoms. The van der Waals surface area contributed by atoms with Gasteiger partial charge in [0.25, 0.3) is 11.8 Å². The topological polar surface area (TPSA) is 58.2 Å². The van der Waals surface area contributed by atoms with Crippen LogP contribution in [0.15, 0.2) is 48.5 Å². The van der Waals surface area contributed by atoms with Gasteiger partial charge in [0.15, 0.2) is 0 Å². The fraction of sp³-hybridized carbons (Fsp3) is 0.300. The predicted molar refractivity (Wildman–Crippen MR) is 93.6 cm³/mol. The van der Waals surface area contributed by atoms with Crippen molar-refractivity contribution in [2.24, 2.45) is 0 Å². The van der Waals surface area contributed by atoms with E-state index in [0.29, 0.717) is 11.5 Å². The molecule has 0 spiro atoms. The Bertz CT molecular complexity index is 753. The number of carbonyl (C=O) groups is 2. The van der Waals surface area contributed by atoms with Crippen LogP contribution in [0.2, 0.25) is 0 Å². The first kappa shape index (κ1) is 17.1. The summed E-state index contributed by atoms with van der Waals surface area (Å²) in [5.74, 6) is -1.18. The van der Waals surface area contributed by atoms with Crippen molar-refractivity contribution in [2.45, 2.75) is 38.0 Å². The lowest BCUT2D eigenvalue weighted by Crippen LogP contribution is -2.41. The Morgan fingerprint density at radius 2 is 1.48 bits per heavy atom. The maximum Gasteiger partial charge on any atom is 0.272 e. The average molecular weight is 340 g/mol. The molecule has 4 nitrogen and oxygen atoms in total. The van der Waals surface area contributed by atoms with Crippen molar-refractivity contribution in [3.05, 3.63) is 71.0 Å². The number of hydrogen-bond donors (Lipinski definition) is 2. The number of halogens is 1. The summed E-state index contributed by atoms with van der Waals surface area (Å²) in [7, 11) is 0. The summed E-state index contributed by atoms with van der Waals surface area (Å²) >= 11 is 0. The first-order chi connectivity index (χ1) is 12.1. The molecule has 25 heavy (non-hydrogen) atoms. The van der Waals surface area contributed by atoms with E-state index in [1.807, 2.05) is 12.1 Å². The molecule has 130 valence electrons. The summed E-state index contributed by atoms with van der Waals surface area (Å²) < 4.78 is 13.5. The van der Waals surface area contributed by atoms with Gasteiger partial charge in [-0.15, -0.1) is 0 Å². The predicted octanol–water partition coefficient (Wildman–Crippen LogP) is 3.95. The molecule has 2 amide bonds. The number of carbonyl (C=O) groups excluding carboxylic acids is 2. The number of hydrazine groups is 1. The standard InChI is InChI=1S/C20H21FN2O2/c21-18-9-5-4-8-17(18)20(25)23-22-19(24)16-12-10-15(11-13-16)14-6-2-1-3-7-14/h4-5,8-14H,1-3,6-7H2,(H,22,24)(H,23,25). The molecule has 3 rings (SSSR count). The highest BCUT2D eigenvalue weighted by Gasteiger charge is 2.16. The molecule has 0 atom stereocenters. The van der Waals surface area contributed by atoms with E-state index in [2.05, 4.69) is 10.9 Å². The maximum atomic E-state index is 13.5. The highest BCUT2D eigenvalue weighted by atomic mass is 19.1. The van der Waals surface area contributed by atoms with Gasteiger partial charge in [-0.3, -0.25) is 20.4 Å². The van der Waals surface area contributed by atoms with Crippen LogP contribution in [0.25, 0.3) is 0 Å². The van der Waals surface area contributed by atoms with Crippen molar-refractivity contribution < 1.29 is 14.0 Å². The molecule has 1 aliphatic rings. The van der Waals surface area contributed by atoms with Crippen LogP contribution in [0.3, 0.4) is 0 Å². The molecule has 2 aromatic carbocycles. The van der Waals surface area contributed by atoms with E-state index in [9.17, 15) is 14.0 Å². The van der Waals surface area contributed by atoms with Crippen LogP contribution in [0, 0.1) is 5.82 Å². The van der Waals surface area contributed by atoms with Gasteiger partial charge in [-0.1, -0.05) is 43.5 Å². The van der Waals surface area contributed by atoms with Gasteiger partial charge in [0.05, 0.1) is 5.56 Å². The molecule has 2 aromatic rings. The van der Waals surface area contributed by atoms with Crippen molar-refractivity contribution in [3.63, 3.8) is 0 Å². The summed E-state index contributed by atoms with van der Waals surface area (Å²) in [6.07, 6.45) is 6.22. The molecule has 0 aromatic heterocycles. The molecule has 0 bridgehead atoms. The van der Waals surface area contributed by atoms with Crippen LogP contribution in [-0.4, -0.2) is 11.8 Å². The lowest BCUT2D eigenvalue weighted by Gasteiger charge is -2.22. The summed E-state index contributed by atoms with van der Waals surface area (Å²) in [4.78, 5) is 24.0. The summed E-state index contributed by atoms with van der Waals surface area (Å²) in [5, 5.41) is 0. The van der Waals surface area contributed by atoms with Crippen LogP contribution in [-0.2, 0) is 0 Å². The van der Waals surface area contributed by atoms with E-state index in [0.717, 1.165) is 0 Å². The van der Waals surface area contributed by atoms with Gasteiger partial charge < -0.3 is 0 Å². The zero-order chi connectivity index (χ0) is 17.6. The highest BCUT2D eigenvalue weighted by molar-refractivity contribution is 5.99. The largest absolute Gasteiger partial charge is 0.272 e. The number of hydrogen-bond acceptors (Lipinski definition) is 2. The molecular weight excluding hydrogens is 319 g/mol. The Balaban J connectivity index is 1.58. The normalized spacial score (nSPS) is 14.8. The van der Waals surface area contributed by atoms with Crippen molar-refractivity contribution in [2.75, 3.05) is 0 Å². The first-order valence-corrected chi connectivity index (χ1v) is 8.60. The zero-order valence-electron chi connectivity index (χ0n) is 13.9. The minimum absolute atomic E-state index is 0.115. The monoisotopic (exact) mass is 340 g/mol. The minimum atomic E-state index is -0.690. The van der Waals surface area contributed by atoms with Crippen molar-refractivity contribution in [1.29, 1.82) is 0 Å². The highest BCUT2D eigenvalue weighted by Crippen LogP contribution is 2.32. The fourth-order valence-electron chi connectivity index (χ4n) is 3.24. The third-order valence-electron chi connectivity index (χ3n) is 4.66. The molecule has 1 aliphatic carbocycles. The number of benzene rings is 2. The lowest BCUT2D eigenvalue weighted by atomic mass is 9.84. The summed E-state index contributed by atoms with van der Waals surface area (Å²) in [5.41, 5.74) is 6.15. The van der Waals surface area contributed by atoms with Crippen LogP contribution < -0.4 is 10.9 Å². The van der Waals surface area contributed by atoms with Crippen molar-refractivity contribution in [1.82, 2.24) is 10.9 Å². The molecule has 2 N–H and O–H groups in total. The van der Waals surface area contributed by atoms with E-state index in [-0.39, 0.29) is 5.56 Å². The zero-order valence-corrected chi connectivity index (χ0v) is 13.9. The fourth-order valence-corrected chi connectivity index (χ4v) is 3.24. The molecule has 0 unspecified atom stereocenters. The van der Waals surface area contributed by atoms with Gasteiger partial charge in [-0.05, 0) is 48.6 Å². The van der Waals surface area contributed by atoms with Gasteiger partial charge in [0, 0.05) is 5.56 Å². The minimum Gasteiger partial charge on any atom is -0.267 e. The van der Waals surface area contributed by atoms with Gasteiger partial charge in [0.1, 0.15) is 5.82 Å². The van der Waals surface area contributed by atoms with E-state index in [1.165, 1.54) is 55.9 Å². The smallest absolute Gasteiger partial charge is 0.267 e. The maximum absolute atomic E-state index is 13.5. The molecule has 0 aliphatic heterocycles. The average Bonchev–Trinajstić information content (AvgIpc) is 2.67. The Morgan fingerprint density at radius 1 is 0.840 bits per heavy atom. The van der Waals surface area contributed by atoms with Gasteiger partial charge >= 0.3 is 0 Å². The summed E-state index contributed by atoms with van der Waals surface area (Å²) in [6, 6.07) is 13.1. The molecule has 0 radical (unpaired) electrons. The van der Waals surface area contributed by atoms with Gasteiger partial charge in [-0.2, -0.15) is 0 Å². The van der Waals surface area contributed by atoms with Crippen LogP contribution in [0.1, 0.15) is 64.3 Å². The lowest BCUT2D eigenvalue weighted by molar-refractivity contribution is 0.0844. The second kappa shape index (κ2) is 7.92. The van der Waals surface area contributed by atoms with E-state index < -0.39 is 17.6 Å². The van der Waals surface area contributed by atoms with Crippen molar-refractivity contribution >= 4 is 11.8 Å². The van der Waals surface area contributed by atoms with Crippen LogP contribution in [0.4, 0.5) is 4.39 Å². The Labute approximate surface area is 146 Å². The van der Waals surface area contributed by atoms with Gasteiger partial charge in [-0.25, -0.2) is 4.39 Å². The number of rotatable bonds is 3. The second-order valence-corrected chi connectivity index (χ2v) is 6.35. The Morgan fingerprint density at radius 3 is 2.16 bits per heavy atom. The van der Waals surface area contributed by atoms with E-state index in [1.54, 1.807) is 18.2 Å². The van der Waals surface area contributed by atoms with Crippen molar-refractivity contribution in [3.8, 4) is 0 Å². The number of amides is 2. The van der Waals surface area contributed by atoms with Crippen LogP contribution in [0.5, 0.6) is 0 Å². The Kier molecular flexibility index (Phi) is 5.43. The van der Waals surface area contributed by atoms with Crippen LogP contribution >= 0.6 is 0 Å². The van der Waals surface area contributed by atoms with E-state index >= 15 is 0 Å². The van der Waals surface area contributed by atoms with E-state index in [4.69, 9.17) is 0 Å². The quantitative estimate of drug-likeness (QED) is 0.831. The molecule has 1 fully saturated rings. The van der Waals surface area contributed by atoms with Gasteiger partial charge in [0.2, 0.25) is 0 Å². The molecule has 0 saturated heterocycles. The summed E-state index contributed by atoms with van der Waals surface area (Å²) in [6.45, 7) is 0. The third-order valence-corrected chi connectivity index (χ3v) is 4.66. The molecular formula is C20H21FN2O2. The second-order valence-electron chi connectivity index (χ2n) is 6.35. The molecule has 1 saturated carbocycles. The third kappa shape index (κ3) is 4.24.